The Bertz CT molecular complexity index is 447. The smallest absolute Gasteiger partial charge is 0.348 e. The van der Waals surface area contributed by atoms with E-state index >= 15 is 0 Å². The van der Waals surface area contributed by atoms with Gasteiger partial charge in [-0.05, 0) is 31.6 Å². The number of anilines is 1. The third-order valence-corrected chi connectivity index (χ3v) is 3.59. The molecule has 0 amide bonds. The zero-order valence-corrected chi connectivity index (χ0v) is 10.9. The van der Waals surface area contributed by atoms with E-state index in [1.807, 2.05) is 0 Å². The average molecular weight is 271 g/mol. The lowest BCUT2D eigenvalue weighted by molar-refractivity contribution is -0.384. The average Bonchev–Trinajstić information content (AvgIpc) is 2.32. The fourth-order valence-electron chi connectivity index (χ4n) is 2.22. The Kier molecular flexibility index (Phi) is 3.96. The monoisotopic (exact) mass is 270 g/mol. The summed E-state index contributed by atoms with van der Waals surface area (Å²) < 4.78 is 0. The molecule has 2 rings (SSSR count). The first-order valence-corrected chi connectivity index (χ1v) is 6.37. The van der Waals surface area contributed by atoms with Gasteiger partial charge in [0, 0.05) is 6.04 Å². The quantitative estimate of drug-likeness (QED) is 0.519. The van der Waals surface area contributed by atoms with Crippen LogP contribution in [-0.2, 0) is 0 Å². The van der Waals surface area contributed by atoms with Crippen molar-refractivity contribution in [3.8, 4) is 0 Å². The minimum absolute atomic E-state index is 0.123. The van der Waals surface area contributed by atoms with Crippen LogP contribution in [0.15, 0.2) is 6.33 Å². The molecule has 1 N–H and O–H groups in total. The second kappa shape index (κ2) is 5.48. The highest BCUT2D eigenvalue weighted by molar-refractivity contribution is 6.31. The summed E-state index contributed by atoms with van der Waals surface area (Å²) in [6, 6.07) is 0.228. The van der Waals surface area contributed by atoms with Crippen molar-refractivity contribution in [1.82, 2.24) is 9.97 Å². The first kappa shape index (κ1) is 13.0. The van der Waals surface area contributed by atoms with Gasteiger partial charge in [-0.3, -0.25) is 10.1 Å². The summed E-state index contributed by atoms with van der Waals surface area (Å²) in [7, 11) is 0. The van der Waals surface area contributed by atoms with Crippen molar-refractivity contribution in [3.05, 3.63) is 21.6 Å². The molecule has 0 saturated heterocycles. The van der Waals surface area contributed by atoms with E-state index in [-0.39, 0.29) is 22.7 Å². The van der Waals surface area contributed by atoms with Gasteiger partial charge >= 0.3 is 5.69 Å². The van der Waals surface area contributed by atoms with E-state index in [2.05, 4.69) is 22.2 Å². The molecule has 1 aliphatic carbocycles. The summed E-state index contributed by atoms with van der Waals surface area (Å²) in [5.74, 6) is 0.951. The second-order valence-electron chi connectivity index (χ2n) is 4.72. The van der Waals surface area contributed by atoms with Gasteiger partial charge in [-0.1, -0.05) is 18.5 Å². The van der Waals surface area contributed by atoms with Crippen LogP contribution < -0.4 is 5.32 Å². The van der Waals surface area contributed by atoms with E-state index in [1.54, 1.807) is 0 Å². The van der Waals surface area contributed by atoms with Gasteiger partial charge < -0.3 is 5.32 Å². The van der Waals surface area contributed by atoms with Crippen molar-refractivity contribution in [2.75, 3.05) is 5.32 Å². The van der Waals surface area contributed by atoms with Gasteiger partial charge in [0.1, 0.15) is 6.33 Å². The molecule has 1 aliphatic rings. The Morgan fingerprint density at radius 1 is 1.39 bits per heavy atom. The molecule has 0 aromatic carbocycles. The molecule has 0 spiro atoms. The van der Waals surface area contributed by atoms with Crippen LogP contribution in [0, 0.1) is 16.0 Å². The largest absolute Gasteiger partial charge is 0.361 e. The number of aromatic nitrogens is 2. The number of halogens is 1. The molecule has 18 heavy (non-hydrogen) atoms. The predicted molar refractivity (Wildman–Crippen MR) is 68.7 cm³/mol. The molecule has 6 nitrogen and oxygen atoms in total. The topological polar surface area (TPSA) is 81.0 Å². The maximum absolute atomic E-state index is 10.9. The van der Waals surface area contributed by atoms with Crippen molar-refractivity contribution in [2.24, 2.45) is 5.92 Å². The Morgan fingerprint density at radius 3 is 2.67 bits per heavy atom. The normalized spacial score (nSPS) is 23.7. The Morgan fingerprint density at radius 2 is 2.06 bits per heavy atom. The van der Waals surface area contributed by atoms with Gasteiger partial charge in [0.15, 0.2) is 0 Å². The van der Waals surface area contributed by atoms with E-state index in [0.717, 1.165) is 31.6 Å². The Labute approximate surface area is 110 Å². The summed E-state index contributed by atoms with van der Waals surface area (Å²) in [5, 5.41) is 13.9. The minimum Gasteiger partial charge on any atom is -0.361 e. The fourth-order valence-corrected chi connectivity index (χ4v) is 2.42. The summed E-state index contributed by atoms with van der Waals surface area (Å²) in [5.41, 5.74) is -0.238. The number of rotatable bonds is 3. The van der Waals surface area contributed by atoms with Crippen molar-refractivity contribution >= 4 is 23.1 Å². The molecular formula is C11H15ClN4O2. The zero-order valence-electron chi connectivity index (χ0n) is 10.1. The lowest BCUT2D eigenvalue weighted by Crippen LogP contribution is -2.26. The number of hydrogen-bond acceptors (Lipinski definition) is 5. The molecule has 0 unspecified atom stereocenters. The second-order valence-corrected chi connectivity index (χ2v) is 5.08. The maximum atomic E-state index is 10.9. The van der Waals surface area contributed by atoms with Crippen LogP contribution in [0.25, 0.3) is 0 Å². The molecule has 1 saturated carbocycles. The van der Waals surface area contributed by atoms with E-state index in [4.69, 9.17) is 11.6 Å². The predicted octanol–water partition coefficient (Wildman–Crippen LogP) is 3.03. The van der Waals surface area contributed by atoms with Crippen LogP contribution in [0.4, 0.5) is 11.5 Å². The first-order chi connectivity index (χ1) is 8.58. The van der Waals surface area contributed by atoms with Crippen LogP contribution in [-0.4, -0.2) is 20.9 Å². The van der Waals surface area contributed by atoms with Gasteiger partial charge in [0.25, 0.3) is 0 Å². The lowest BCUT2D eigenvalue weighted by Gasteiger charge is -2.27. The summed E-state index contributed by atoms with van der Waals surface area (Å²) in [6.45, 7) is 2.22. The van der Waals surface area contributed by atoms with Crippen LogP contribution in [0.2, 0.25) is 5.15 Å². The maximum Gasteiger partial charge on any atom is 0.348 e. The number of nitrogens with one attached hydrogen (secondary N) is 1. The van der Waals surface area contributed by atoms with Crippen LogP contribution in [0.3, 0.4) is 0 Å². The highest BCUT2D eigenvalue weighted by atomic mass is 35.5. The van der Waals surface area contributed by atoms with Gasteiger partial charge in [0.2, 0.25) is 11.0 Å². The number of hydrogen-bond donors (Lipinski definition) is 1. The van der Waals surface area contributed by atoms with Gasteiger partial charge in [0.05, 0.1) is 4.92 Å². The molecule has 0 bridgehead atoms. The van der Waals surface area contributed by atoms with E-state index in [0.29, 0.717) is 0 Å². The van der Waals surface area contributed by atoms with Crippen molar-refractivity contribution in [1.29, 1.82) is 0 Å². The van der Waals surface area contributed by atoms with E-state index in [1.165, 1.54) is 6.33 Å². The van der Waals surface area contributed by atoms with Gasteiger partial charge in [-0.15, -0.1) is 0 Å². The molecular weight excluding hydrogens is 256 g/mol. The lowest BCUT2D eigenvalue weighted by atomic mass is 9.87. The van der Waals surface area contributed by atoms with Crippen molar-refractivity contribution in [2.45, 2.75) is 38.6 Å². The highest BCUT2D eigenvalue weighted by Gasteiger charge is 2.25. The minimum atomic E-state index is -0.546. The molecule has 98 valence electrons. The standard InChI is InChI=1S/C11H15ClN4O2/c1-7-2-4-8(5-3-7)15-11-9(16(17)18)10(12)13-6-14-11/h6-8H,2-5H2,1H3,(H,13,14,15). The van der Waals surface area contributed by atoms with Crippen molar-refractivity contribution < 1.29 is 4.92 Å². The summed E-state index contributed by atoms with van der Waals surface area (Å²) in [6.07, 6.45) is 5.50. The number of nitrogens with zero attached hydrogens (tertiary/aromatic N) is 3. The Hall–Kier alpha value is -1.43. The molecule has 1 heterocycles. The van der Waals surface area contributed by atoms with Crippen LogP contribution in [0.5, 0.6) is 0 Å². The van der Waals surface area contributed by atoms with E-state index < -0.39 is 4.92 Å². The summed E-state index contributed by atoms with van der Waals surface area (Å²) >= 11 is 5.73. The highest BCUT2D eigenvalue weighted by Crippen LogP contribution is 2.31. The third-order valence-electron chi connectivity index (χ3n) is 3.32. The number of nitro groups is 1. The molecule has 1 aromatic rings. The molecule has 0 aliphatic heterocycles. The van der Waals surface area contributed by atoms with Crippen LogP contribution >= 0.6 is 11.6 Å². The van der Waals surface area contributed by atoms with Crippen molar-refractivity contribution in [3.63, 3.8) is 0 Å². The first-order valence-electron chi connectivity index (χ1n) is 5.99. The SMILES string of the molecule is CC1CCC(Nc2ncnc(Cl)c2[N+](=O)[O-])CC1. The Balaban J connectivity index is 2.14. The molecule has 0 atom stereocenters. The summed E-state index contributed by atoms with van der Waals surface area (Å²) in [4.78, 5) is 18.0. The van der Waals surface area contributed by atoms with E-state index in [9.17, 15) is 10.1 Å². The molecule has 1 aromatic heterocycles. The van der Waals surface area contributed by atoms with Crippen LogP contribution in [0.1, 0.15) is 32.6 Å². The van der Waals surface area contributed by atoms with Gasteiger partial charge in [-0.25, -0.2) is 9.97 Å². The fraction of sp³-hybridized carbons (Fsp3) is 0.636. The van der Waals surface area contributed by atoms with Gasteiger partial charge in [-0.2, -0.15) is 0 Å². The zero-order chi connectivity index (χ0) is 13.1. The molecule has 0 radical (unpaired) electrons. The molecule has 1 fully saturated rings. The molecule has 7 heteroatoms. The third kappa shape index (κ3) is 2.87.